The zero-order chi connectivity index (χ0) is 30.7. The molecule has 4 rings (SSSR count). The van der Waals surface area contributed by atoms with Crippen LogP contribution in [0.3, 0.4) is 0 Å². The molecular weight excluding hydrogens is 618 g/mol. The van der Waals surface area contributed by atoms with Gasteiger partial charge in [-0.05, 0) is 56.2 Å². The van der Waals surface area contributed by atoms with Crippen molar-refractivity contribution in [3.63, 3.8) is 0 Å². The van der Waals surface area contributed by atoms with E-state index in [0.717, 1.165) is 28.0 Å². The Balaban J connectivity index is 1.50. The quantitative estimate of drug-likeness (QED) is 0.200. The van der Waals surface area contributed by atoms with Gasteiger partial charge in [0.2, 0.25) is 5.91 Å². The summed E-state index contributed by atoms with van der Waals surface area (Å²) in [5.41, 5.74) is 7.68. The molecule has 0 aliphatic carbocycles. The van der Waals surface area contributed by atoms with Crippen molar-refractivity contribution in [3.05, 3.63) is 70.1 Å². The number of nitrogens with zero attached hydrogens (tertiary/aromatic N) is 2. The first-order valence-electron chi connectivity index (χ1n) is 12.9. The van der Waals surface area contributed by atoms with Crippen molar-refractivity contribution in [2.24, 2.45) is 5.73 Å². The lowest BCUT2D eigenvalue weighted by atomic mass is 10.1. The minimum Gasteiger partial charge on any atom is -0.496 e. The van der Waals surface area contributed by atoms with E-state index < -0.39 is 26.3 Å². The van der Waals surface area contributed by atoms with Crippen LogP contribution >= 0.6 is 22.9 Å². The van der Waals surface area contributed by atoms with Crippen LogP contribution in [0.15, 0.2) is 58.8 Å². The first-order chi connectivity index (χ1) is 19.8. The molecule has 2 aromatic heterocycles. The van der Waals surface area contributed by atoms with E-state index >= 15 is 0 Å². The molecule has 2 heterocycles. The number of nitrogens with two attached hydrogens (primary N) is 1. The molecule has 14 heteroatoms. The van der Waals surface area contributed by atoms with Crippen LogP contribution in [0.1, 0.15) is 38.3 Å². The Morgan fingerprint density at radius 1 is 1.17 bits per heavy atom. The summed E-state index contributed by atoms with van der Waals surface area (Å²) in [7, 11) is -1.55. The number of amides is 1. The number of carbonyl (C=O) groups is 2. The van der Waals surface area contributed by atoms with Gasteiger partial charge in [0.25, 0.3) is 0 Å². The van der Waals surface area contributed by atoms with Gasteiger partial charge in [0, 0.05) is 17.7 Å². The number of rotatable bonds is 11. The number of benzene rings is 2. The Hall–Kier alpha value is -3.23. The van der Waals surface area contributed by atoms with Crippen LogP contribution in [0.25, 0.3) is 10.9 Å². The first kappa shape index (κ1) is 31.7. The molecule has 1 unspecified atom stereocenters. The lowest BCUT2D eigenvalue weighted by molar-refractivity contribution is -0.157. The average molecular weight is 650 g/mol. The maximum atomic E-state index is 13.4. The van der Waals surface area contributed by atoms with Gasteiger partial charge in [-0.1, -0.05) is 41.9 Å². The highest BCUT2D eigenvalue weighted by Gasteiger charge is 2.24. The summed E-state index contributed by atoms with van der Waals surface area (Å²) in [5, 5.41) is 8.16. The number of hydrogen-bond donors (Lipinski definition) is 3. The van der Waals surface area contributed by atoms with Crippen LogP contribution in [-0.2, 0) is 47.3 Å². The molecule has 1 amide bonds. The normalized spacial score (nSPS) is 13.8. The van der Waals surface area contributed by atoms with Crippen LogP contribution in [0, 0.1) is 0 Å². The number of esters is 1. The predicted molar refractivity (Wildman–Crippen MR) is 169 cm³/mol. The third-order valence-electron chi connectivity index (χ3n) is 5.93. The molecule has 0 fully saturated rings. The molecule has 2 atom stereocenters. The number of ether oxygens (including phenoxy) is 2. The van der Waals surface area contributed by atoms with Crippen molar-refractivity contribution < 1.29 is 23.3 Å². The molecule has 4 N–H and O–H groups in total. The van der Waals surface area contributed by atoms with E-state index in [2.05, 4.69) is 10.0 Å². The third kappa shape index (κ3) is 7.98. The van der Waals surface area contributed by atoms with Crippen LogP contribution in [0.2, 0.25) is 4.34 Å². The number of fused-ring (bicyclic) bond motifs is 1. The van der Waals surface area contributed by atoms with Gasteiger partial charge >= 0.3 is 5.97 Å². The van der Waals surface area contributed by atoms with Crippen molar-refractivity contribution in [1.82, 2.24) is 15.1 Å². The van der Waals surface area contributed by atoms with Crippen molar-refractivity contribution in [2.45, 2.75) is 56.1 Å². The Kier molecular flexibility index (Phi) is 9.78. The van der Waals surface area contributed by atoms with Crippen LogP contribution in [-0.4, -0.2) is 44.6 Å². The average Bonchev–Trinajstić information content (AvgIpc) is 3.50. The van der Waals surface area contributed by atoms with Crippen molar-refractivity contribution in [3.8, 4) is 5.75 Å². The second-order valence-corrected chi connectivity index (χ2v) is 15.5. The maximum absolute atomic E-state index is 13.4. The fraction of sp³-hybridized carbons (Fsp3) is 0.321. The van der Waals surface area contributed by atoms with Gasteiger partial charge in [-0.15, -0.1) is 11.3 Å². The number of nitrogens with one attached hydrogen (secondary N) is 2. The summed E-state index contributed by atoms with van der Waals surface area (Å²) in [4.78, 5) is 24.5. The van der Waals surface area contributed by atoms with Gasteiger partial charge in [-0.3, -0.25) is 19.0 Å². The molecule has 0 aliphatic heterocycles. The van der Waals surface area contributed by atoms with Crippen LogP contribution in [0.5, 0.6) is 5.75 Å². The molecule has 10 nitrogen and oxygen atoms in total. The summed E-state index contributed by atoms with van der Waals surface area (Å²) in [6.45, 7) is 5.84. The molecule has 0 spiro atoms. The molecule has 0 bridgehead atoms. The predicted octanol–water partition coefficient (Wildman–Crippen LogP) is 4.62. The van der Waals surface area contributed by atoms with E-state index in [4.69, 9.17) is 43.1 Å². The van der Waals surface area contributed by atoms with E-state index in [0.29, 0.717) is 32.0 Å². The lowest BCUT2D eigenvalue weighted by Gasteiger charge is -2.22. The molecule has 0 saturated heterocycles. The largest absolute Gasteiger partial charge is 0.496 e. The van der Waals surface area contributed by atoms with Gasteiger partial charge in [0.15, 0.2) is 14.5 Å². The number of anilines is 1. The van der Waals surface area contributed by atoms with Crippen LogP contribution in [0.4, 0.5) is 5.82 Å². The van der Waals surface area contributed by atoms with Crippen molar-refractivity contribution in [2.75, 3.05) is 11.8 Å². The Morgan fingerprint density at radius 2 is 1.88 bits per heavy atom. The molecule has 0 aliphatic rings. The minimum atomic E-state index is -3.11. The lowest BCUT2D eigenvalue weighted by Crippen LogP contribution is -2.41. The first-order valence-corrected chi connectivity index (χ1v) is 16.6. The van der Waals surface area contributed by atoms with Gasteiger partial charge in [-0.25, -0.2) is 4.21 Å². The maximum Gasteiger partial charge on any atom is 0.323 e. The van der Waals surface area contributed by atoms with Crippen LogP contribution < -0.4 is 20.5 Å². The zero-order valence-corrected chi connectivity index (χ0v) is 26.7. The Bertz CT molecular complexity index is 1710. The highest BCUT2D eigenvalue weighted by atomic mass is 35.5. The minimum absolute atomic E-state index is 0.185. The topological polar surface area (TPSA) is 138 Å². The third-order valence-corrected chi connectivity index (χ3v) is 10.1. The van der Waals surface area contributed by atoms with Gasteiger partial charge in [0.05, 0.1) is 35.3 Å². The second kappa shape index (κ2) is 13.0. The van der Waals surface area contributed by atoms with Gasteiger partial charge in [-0.2, -0.15) is 5.10 Å². The molecule has 224 valence electrons. The monoisotopic (exact) mass is 649 g/mol. The molecular formula is C28H32ClN5O5S3. The van der Waals surface area contributed by atoms with Crippen molar-refractivity contribution >= 4 is 71.4 Å². The number of methoxy groups -OCH3 is 1. The molecule has 2 aromatic carbocycles. The summed E-state index contributed by atoms with van der Waals surface area (Å²) in [5.74, 6) is -0.102. The summed E-state index contributed by atoms with van der Waals surface area (Å²) >= 11 is 12.6. The fourth-order valence-corrected chi connectivity index (χ4v) is 7.33. The van der Waals surface area contributed by atoms with Gasteiger partial charge < -0.3 is 20.5 Å². The highest BCUT2D eigenvalue weighted by molar-refractivity contribution is 8.34. The smallest absolute Gasteiger partial charge is 0.323 e. The SMILES string of the molecule is COc1cccc2c1c(NS(=O)(=S)c1ccc(Cl)s1)nn2Cc1cccc(CNC(=O)C[C@H](N)C(=O)OC(C)(C)C)c1. The van der Waals surface area contributed by atoms with Crippen molar-refractivity contribution in [1.29, 1.82) is 0 Å². The van der Waals surface area contributed by atoms with E-state index in [9.17, 15) is 13.8 Å². The van der Waals surface area contributed by atoms with E-state index in [1.54, 1.807) is 50.8 Å². The molecule has 0 saturated carbocycles. The molecule has 42 heavy (non-hydrogen) atoms. The number of carbonyl (C=O) groups excluding carboxylic acids is 2. The number of hydrogen-bond acceptors (Lipinski definition) is 9. The molecule has 0 radical (unpaired) electrons. The zero-order valence-electron chi connectivity index (χ0n) is 23.5. The number of halogens is 1. The standard InChI is InChI=1S/C28H32ClN5O5S3/c1-28(2,3)39-27(36)19(30)14-23(35)31-15-17-7-5-8-18(13-17)16-34-20-9-6-10-21(38-4)25(20)26(32-34)33-42(37,40)24-12-11-22(29)41-24/h5-13,19H,14-16,30H2,1-4H3,(H,31,35)(H,32,33)/t19-,42?/m0/s1. The Labute approximate surface area is 258 Å². The summed E-state index contributed by atoms with van der Waals surface area (Å²) < 4.78 is 29.9. The Morgan fingerprint density at radius 3 is 2.55 bits per heavy atom. The van der Waals surface area contributed by atoms with E-state index in [-0.39, 0.29) is 18.9 Å². The highest BCUT2D eigenvalue weighted by Crippen LogP contribution is 2.35. The fourth-order valence-electron chi connectivity index (χ4n) is 4.12. The van der Waals surface area contributed by atoms with Gasteiger partial charge in [0.1, 0.15) is 21.6 Å². The summed E-state index contributed by atoms with van der Waals surface area (Å²) in [6.07, 6.45) is -0.185. The van der Waals surface area contributed by atoms with E-state index in [1.807, 2.05) is 36.4 Å². The number of aromatic nitrogens is 2. The summed E-state index contributed by atoms with van der Waals surface area (Å²) in [6, 6.07) is 15.4. The second-order valence-electron chi connectivity index (χ2n) is 10.5. The molecule has 4 aromatic rings. The van der Waals surface area contributed by atoms with E-state index in [1.165, 1.54) is 0 Å². The number of thiophene rings is 1.